The number of benzene rings is 1. The first-order chi connectivity index (χ1) is 18.1. The number of halogens is 1. The standard InChI is InChI=1S/C25H28ClN7O3S/c1-2-10-27-25(35)36-17-19-16-33(31-30-19)12-11-32(13-14-34)20-6-3-18(4-7-20)5-8-22-28-23(26)21-9-15-37-24(21)29-22/h3-9,15-16,34H,2,10-14,17H2,1H3,(H,27,35)/b8-5+. The topological polar surface area (TPSA) is 118 Å². The number of amides is 1. The zero-order valence-corrected chi connectivity index (χ0v) is 22.0. The van der Waals surface area contributed by atoms with Gasteiger partial charge in [0.25, 0.3) is 0 Å². The van der Waals surface area contributed by atoms with Crippen molar-refractivity contribution in [3.63, 3.8) is 0 Å². The molecule has 37 heavy (non-hydrogen) atoms. The van der Waals surface area contributed by atoms with Crippen molar-refractivity contribution in [3.8, 4) is 0 Å². The molecule has 1 amide bonds. The highest BCUT2D eigenvalue weighted by Crippen LogP contribution is 2.25. The summed E-state index contributed by atoms with van der Waals surface area (Å²) in [5.74, 6) is 0.560. The predicted molar refractivity (Wildman–Crippen MR) is 146 cm³/mol. The molecule has 0 saturated heterocycles. The third kappa shape index (κ3) is 7.48. The summed E-state index contributed by atoms with van der Waals surface area (Å²) in [7, 11) is 0. The van der Waals surface area contributed by atoms with E-state index in [1.54, 1.807) is 10.9 Å². The molecule has 0 aliphatic rings. The van der Waals surface area contributed by atoms with E-state index in [-0.39, 0.29) is 13.2 Å². The van der Waals surface area contributed by atoms with E-state index in [1.165, 1.54) is 11.3 Å². The Hall–Kier alpha value is -3.54. The Morgan fingerprint density at radius 2 is 2.05 bits per heavy atom. The third-order valence-corrected chi connectivity index (χ3v) is 6.50. The van der Waals surface area contributed by atoms with Crippen molar-refractivity contribution in [2.24, 2.45) is 0 Å². The van der Waals surface area contributed by atoms with Crippen LogP contribution < -0.4 is 10.2 Å². The second-order valence-corrected chi connectivity index (χ2v) is 9.38. The Balaban J connectivity index is 1.33. The number of nitrogens with one attached hydrogen (secondary N) is 1. The Morgan fingerprint density at radius 1 is 1.22 bits per heavy atom. The fourth-order valence-electron chi connectivity index (χ4n) is 3.52. The summed E-state index contributed by atoms with van der Waals surface area (Å²) >= 11 is 7.78. The van der Waals surface area contributed by atoms with Crippen molar-refractivity contribution in [1.29, 1.82) is 0 Å². The monoisotopic (exact) mass is 541 g/mol. The molecule has 0 aliphatic carbocycles. The first kappa shape index (κ1) is 26.5. The summed E-state index contributed by atoms with van der Waals surface area (Å²) in [6.07, 6.45) is 5.90. The lowest BCUT2D eigenvalue weighted by Gasteiger charge is -2.24. The lowest BCUT2D eigenvalue weighted by molar-refractivity contribution is 0.138. The third-order valence-electron chi connectivity index (χ3n) is 5.40. The van der Waals surface area contributed by atoms with E-state index in [0.717, 1.165) is 27.9 Å². The van der Waals surface area contributed by atoms with Gasteiger partial charge in [-0.2, -0.15) is 0 Å². The fourth-order valence-corrected chi connectivity index (χ4v) is 4.59. The largest absolute Gasteiger partial charge is 0.443 e. The summed E-state index contributed by atoms with van der Waals surface area (Å²) < 4.78 is 6.82. The molecule has 1 aromatic carbocycles. The van der Waals surface area contributed by atoms with Gasteiger partial charge >= 0.3 is 6.09 Å². The van der Waals surface area contributed by atoms with Crippen LogP contribution in [0.2, 0.25) is 5.15 Å². The van der Waals surface area contributed by atoms with Gasteiger partial charge in [0.1, 0.15) is 22.3 Å². The summed E-state index contributed by atoms with van der Waals surface area (Å²) in [4.78, 5) is 23.4. The molecule has 0 unspecified atom stereocenters. The quantitative estimate of drug-likeness (QED) is 0.256. The number of aliphatic hydroxyl groups is 1. The maximum Gasteiger partial charge on any atom is 0.407 e. The predicted octanol–water partition coefficient (Wildman–Crippen LogP) is 4.24. The Bertz CT molecular complexity index is 1340. The molecule has 4 rings (SSSR count). The molecule has 0 fully saturated rings. The average molecular weight is 542 g/mol. The summed E-state index contributed by atoms with van der Waals surface area (Å²) in [5, 5.41) is 23.6. The SMILES string of the molecule is CCCNC(=O)OCc1cn(CCN(CCO)c2ccc(/C=C/c3nc(Cl)c4ccsc4n3)cc2)nn1. The van der Waals surface area contributed by atoms with Gasteiger partial charge in [0.05, 0.1) is 19.3 Å². The second kappa shape index (κ2) is 13.1. The van der Waals surface area contributed by atoms with Crippen LogP contribution in [0.4, 0.5) is 10.5 Å². The van der Waals surface area contributed by atoms with Crippen molar-refractivity contribution in [2.45, 2.75) is 26.5 Å². The number of fused-ring (bicyclic) bond motifs is 1. The van der Waals surface area contributed by atoms with Crippen molar-refractivity contribution < 1.29 is 14.6 Å². The molecule has 0 radical (unpaired) electrons. The van der Waals surface area contributed by atoms with E-state index in [0.29, 0.717) is 42.9 Å². The molecule has 2 N–H and O–H groups in total. The summed E-state index contributed by atoms with van der Waals surface area (Å²) in [6, 6.07) is 9.91. The van der Waals surface area contributed by atoms with Gasteiger partial charge in [-0.05, 0) is 41.6 Å². The van der Waals surface area contributed by atoms with Gasteiger partial charge < -0.3 is 20.1 Å². The van der Waals surface area contributed by atoms with Crippen molar-refractivity contribution in [2.75, 3.05) is 31.1 Å². The normalized spacial score (nSPS) is 11.3. The molecule has 0 bridgehead atoms. The number of aromatic nitrogens is 5. The Labute approximate surface area is 223 Å². The number of ether oxygens (including phenoxy) is 1. The van der Waals surface area contributed by atoms with Gasteiger partial charge in [-0.15, -0.1) is 16.4 Å². The second-order valence-electron chi connectivity index (χ2n) is 8.12. The lowest BCUT2D eigenvalue weighted by Crippen LogP contribution is -2.30. The number of nitrogens with zero attached hydrogens (tertiary/aromatic N) is 6. The van der Waals surface area contributed by atoms with Gasteiger partial charge in [0.2, 0.25) is 0 Å². The maximum atomic E-state index is 11.6. The van der Waals surface area contributed by atoms with Gasteiger partial charge in [-0.25, -0.2) is 14.8 Å². The van der Waals surface area contributed by atoms with Crippen LogP contribution in [-0.2, 0) is 17.9 Å². The first-order valence-electron chi connectivity index (χ1n) is 11.9. The molecule has 194 valence electrons. The molecule has 3 heterocycles. The maximum absolute atomic E-state index is 11.6. The zero-order chi connectivity index (χ0) is 26.0. The number of thiophene rings is 1. The molecule has 0 saturated carbocycles. The molecular formula is C25H28ClN7O3S. The number of alkyl carbamates (subject to hydrolysis) is 1. The van der Waals surface area contributed by atoms with Gasteiger partial charge in [0, 0.05) is 30.7 Å². The van der Waals surface area contributed by atoms with E-state index in [9.17, 15) is 9.90 Å². The van der Waals surface area contributed by atoms with Crippen LogP contribution in [0.5, 0.6) is 0 Å². The van der Waals surface area contributed by atoms with E-state index in [1.807, 2.05) is 54.8 Å². The van der Waals surface area contributed by atoms with E-state index >= 15 is 0 Å². The van der Waals surface area contributed by atoms with Crippen LogP contribution in [0.25, 0.3) is 22.4 Å². The van der Waals surface area contributed by atoms with Gasteiger partial charge in [0.15, 0.2) is 5.82 Å². The minimum atomic E-state index is -0.469. The van der Waals surface area contributed by atoms with Gasteiger partial charge in [-0.3, -0.25) is 4.68 Å². The summed E-state index contributed by atoms with van der Waals surface area (Å²) in [6.45, 7) is 4.27. The number of carbonyl (C=O) groups is 1. The minimum Gasteiger partial charge on any atom is -0.443 e. The van der Waals surface area contributed by atoms with E-state index in [2.05, 4.69) is 30.5 Å². The molecular weight excluding hydrogens is 514 g/mol. The number of hydrogen-bond donors (Lipinski definition) is 2. The van der Waals surface area contributed by atoms with E-state index in [4.69, 9.17) is 16.3 Å². The van der Waals surface area contributed by atoms with Crippen molar-refractivity contribution in [3.05, 3.63) is 64.1 Å². The fraction of sp³-hybridized carbons (Fsp3) is 0.320. The molecule has 12 heteroatoms. The van der Waals surface area contributed by atoms with Crippen LogP contribution in [0, 0.1) is 0 Å². The molecule has 10 nitrogen and oxygen atoms in total. The number of anilines is 1. The Kier molecular flexibility index (Phi) is 9.41. The first-order valence-corrected chi connectivity index (χ1v) is 13.2. The van der Waals surface area contributed by atoms with Crippen LogP contribution in [0.3, 0.4) is 0 Å². The Morgan fingerprint density at radius 3 is 2.84 bits per heavy atom. The molecule has 3 aromatic heterocycles. The van der Waals surface area contributed by atoms with Crippen LogP contribution in [-0.4, -0.2) is 62.4 Å². The molecule has 4 aromatic rings. The molecule has 0 spiro atoms. The van der Waals surface area contributed by atoms with Crippen molar-refractivity contribution in [1.82, 2.24) is 30.3 Å². The smallest absolute Gasteiger partial charge is 0.407 e. The number of rotatable bonds is 12. The highest BCUT2D eigenvalue weighted by Gasteiger charge is 2.10. The number of carbonyl (C=O) groups excluding carboxylic acids is 1. The molecule has 0 atom stereocenters. The zero-order valence-electron chi connectivity index (χ0n) is 20.4. The lowest BCUT2D eigenvalue weighted by atomic mass is 10.1. The van der Waals surface area contributed by atoms with Gasteiger partial charge in [-0.1, -0.05) is 41.9 Å². The molecule has 0 aliphatic heterocycles. The number of aliphatic hydroxyl groups excluding tert-OH is 1. The van der Waals surface area contributed by atoms with Crippen LogP contribution >= 0.6 is 22.9 Å². The minimum absolute atomic E-state index is 0.0221. The average Bonchev–Trinajstić information content (AvgIpc) is 3.58. The van der Waals surface area contributed by atoms with Crippen LogP contribution in [0.1, 0.15) is 30.4 Å². The van der Waals surface area contributed by atoms with Crippen molar-refractivity contribution >= 4 is 57.1 Å². The highest BCUT2D eigenvalue weighted by atomic mass is 35.5. The highest BCUT2D eigenvalue weighted by molar-refractivity contribution is 7.16. The summed E-state index contributed by atoms with van der Waals surface area (Å²) in [5.41, 5.74) is 2.53. The van der Waals surface area contributed by atoms with Crippen LogP contribution in [0.15, 0.2) is 41.9 Å². The number of hydrogen-bond acceptors (Lipinski definition) is 9. The van der Waals surface area contributed by atoms with E-state index < -0.39 is 6.09 Å².